The first-order valence-corrected chi connectivity index (χ1v) is 34.2. The van der Waals surface area contributed by atoms with E-state index >= 15 is 0 Å². The van der Waals surface area contributed by atoms with Gasteiger partial charge in [-0.3, -0.25) is 0 Å². The molecule has 7 aromatic heterocycles. The van der Waals surface area contributed by atoms with Crippen molar-refractivity contribution in [1.82, 2.24) is 9.13 Å². The molecule has 0 amide bonds. The molecular weight excluding hydrogens is 1160 g/mol. The van der Waals surface area contributed by atoms with E-state index in [1.807, 2.05) is 51.4 Å². The van der Waals surface area contributed by atoms with E-state index < -0.39 is 5.97 Å². The van der Waals surface area contributed by atoms with Crippen LogP contribution in [0.15, 0.2) is 200 Å². The van der Waals surface area contributed by atoms with E-state index in [0.29, 0.717) is 0 Å². The van der Waals surface area contributed by atoms with E-state index in [-0.39, 0.29) is 5.57 Å². The molecule has 0 fully saturated rings. The second kappa shape index (κ2) is 24.6. The molecule has 7 heterocycles. The van der Waals surface area contributed by atoms with E-state index in [0.717, 1.165) is 64.6 Å². The van der Waals surface area contributed by atoms with Gasteiger partial charge in [-0.25, -0.2) is 4.79 Å². The standard InChI is InChI=1S/C76H62N4O2S5/c1-3-5-7-9-19-50-43-58(83-72(50)68-46-70-74(86-68)75-71(85-70)47-69(87-75)73-51(20-10-8-6-4-2)44-59(84-73)45-52(48-77)76(81)82)42-31-49-29-32-53(33-30-49)78(54-34-38-56(39-35-54)79-64-25-15-11-21-60(64)61-22-12-16-26-65(61)79)55-36-40-57(41-37-55)80-66-27-17-13-23-62(66)63-24-14-18-28-67(63)80/h11-18,21-47H,3-10,19-20H2,1-2H3,(H,81,82)/b42-31+,52-45-. The summed E-state index contributed by atoms with van der Waals surface area (Å²) < 4.78 is 10.0. The highest BCUT2D eigenvalue weighted by Gasteiger charge is 2.22. The maximum absolute atomic E-state index is 11.8. The molecule has 1 N–H and O–H groups in total. The monoisotopic (exact) mass is 1220 g/mol. The molecule has 0 aliphatic rings. The highest BCUT2D eigenvalue weighted by molar-refractivity contribution is 7.41. The number of aliphatic carboxylic acids is 1. The number of thiophene rings is 5. The molecule has 428 valence electrons. The van der Waals surface area contributed by atoms with Gasteiger partial charge in [0.1, 0.15) is 11.6 Å². The second-order valence-electron chi connectivity index (χ2n) is 22.3. The molecule has 0 radical (unpaired) electrons. The Morgan fingerprint density at radius 3 is 1.32 bits per heavy atom. The zero-order valence-corrected chi connectivity index (χ0v) is 52.5. The molecule has 0 aliphatic heterocycles. The summed E-state index contributed by atoms with van der Waals surface area (Å²) in [4.78, 5) is 21.4. The largest absolute Gasteiger partial charge is 0.477 e. The average molecular weight is 1220 g/mol. The van der Waals surface area contributed by atoms with Gasteiger partial charge in [0.05, 0.1) is 31.5 Å². The lowest BCUT2D eigenvalue weighted by molar-refractivity contribution is -0.132. The number of aromatic nitrogens is 2. The number of rotatable bonds is 21. The number of aryl methyl sites for hydroxylation is 2. The zero-order chi connectivity index (χ0) is 59.0. The number of nitrogens with zero attached hydrogens (tertiary/aromatic N) is 4. The van der Waals surface area contributed by atoms with E-state index in [1.165, 1.54) is 143 Å². The van der Waals surface area contributed by atoms with Gasteiger partial charge in [-0.2, -0.15) is 5.26 Å². The van der Waals surface area contributed by atoms with Gasteiger partial charge in [0.2, 0.25) is 0 Å². The predicted molar refractivity (Wildman–Crippen MR) is 377 cm³/mol. The summed E-state index contributed by atoms with van der Waals surface area (Å²) in [6, 6.07) is 72.9. The van der Waals surface area contributed by atoms with E-state index in [9.17, 15) is 15.2 Å². The number of carboxylic acid groups (broad SMARTS) is 1. The van der Waals surface area contributed by atoms with Crippen LogP contribution >= 0.6 is 56.7 Å². The highest BCUT2D eigenvalue weighted by atomic mass is 32.1. The summed E-state index contributed by atoms with van der Waals surface area (Å²) in [7, 11) is 0. The van der Waals surface area contributed by atoms with Crippen molar-refractivity contribution in [2.24, 2.45) is 0 Å². The van der Waals surface area contributed by atoms with Crippen LogP contribution in [-0.4, -0.2) is 20.2 Å². The molecule has 87 heavy (non-hydrogen) atoms. The normalized spacial score (nSPS) is 12.1. The van der Waals surface area contributed by atoms with Crippen LogP contribution in [0.3, 0.4) is 0 Å². The Bertz CT molecular complexity index is 4690. The van der Waals surface area contributed by atoms with Crippen LogP contribution in [0, 0.1) is 11.3 Å². The summed E-state index contributed by atoms with van der Waals surface area (Å²) in [6.45, 7) is 4.50. The van der Waals surface area contributed by atoms with Gasteiger partial charge in [0, 0.05) is 88.6 Å². The Kier molecular flexibility index (Phi) is 15.9. The molecule has 14 rings (SSSR count). The number of hydrogen-bond donors (Lipinski definition) is 1. The third-order valence-electron chi connectivity index (χ3n) is 16.6. The quantitative estimate of drug-likeness (QED) is 0.0442. The fourth-order valence-corrected chi connectivity index (χ4v) is 19.0. The summed E-state index contributed by atoms with van der Waals surface area (Å²) in [5.41, 5.74) is 13.8. The first kappa shape index (κ1) is 56.2. The Balaban J connectivity index is 0.777. The lowest BCUT2D eigenvalue weighted by Crippen LogP contribution is -2.10. The van der Waals surface area contributed by atoms with Crippen molar-refractivity contribution in [2.75, 3.05) is 4.90 Å². The third-order valence-corrected chi connectivity index (χ3v) is 23.0. The Hall–Kier alpha value is -8.60. The first-order valence-electron chi connectivity index (χ1n) is 30.1. The minimum absolute atomic E-state index is 0.237. The Labute approximate surface area is 526 Å². The number of hydrogen-bond acceptors (Lipinski definition) is 8. The van der Waals surface area contributed by atoms with E-state index in [1.54, 1.807) is 11.3 Å². The highest BCUT2D eigenvalue weighted by Crippen LogP contribution is 2.51. The number of nitriles is 1. The van der Waals surface area contributed by atoms with Crippen molar-refractivity contribution in [3.8, 4) is 37.0 Å². The van der Waals surface area contributed by atoms with Crippen LogP contribution in [0.25, 0.3) is 112 Å². The summed E-state index contributed by atoms with van der Waals surface area (Å²) in [5, 5.41) is 24.2. The summed E-state index contributed by atoms with van der Waals surface area (Å²) in [6.07, 6.45) is 17.5. The zero-order valence-electron chi connectivity index (χ0n) is 48.5. The van der Waals surface area contributed by atoms with E-state index in [2.05, 4.69) is 234 Å². The predicted octanol–water partition coefficient (Wildman–Crippen LogP) is 23.7. The molecule has 0 unspecified atom stereocenters. The van der Waals surface area contributed by atoms with Crippen molar-refractivity contribution >= 4 is 160 Å². The number of carboxylic acids is 1. The van der Waals surface area contributed by atoms with Crippen molar-refractivity contribution in [1.29, 1.82) is 5.26 Å². The van der Waals surface area contributed by atoms with Crippen molar-refractivity contribution in [3.63, 3.8) is 0 Å². The molecule has 0 aliphatic carbocycles. The van der Waals surface area contributed by atoms with Gasteiger partial charge in [-0.1, -0.05) is 143 Å². The molecule has 11 heteroatoms. The minimum Gasteiger partial charge on any atom is -0.477 e. The molecule has 0 saturated carbocycles. The van der Waals surface area contributed by atoms with Crippen LogP contribution in [0.4, 0.5) is 17.1 Å². The van der Waals surface area contributed by atoms with Gasteiger partial charge < -0.3 is 19.1 Å². The van der Waals surface area contributed by atoms with Crippen molar-refractivity contribution in [2.45, 2.75) is 78.1 Å². The van der Waals surface area contributed by atoms with Gasteiger partial charge in [-0.05, 0) is 164 Å². The molecule has 6 nitrogen and oxygen atoms in total. The van der Waals surface area contributed by atoms with Crippen LogP contribution in [0.5, 0.6) is 0 Å². The smallest absolute Gasteiger partial charge is 0.346 e. The Morgan fingerprint density at radius 2 is 0.897 bits per heavy atom. The lowest BCUT2D eigenvalue weighted by Gasteiger charge is -2.26. The van der Waals surface area contributed by atoms with Crippen molar-refractivity contribution in [3.05, 3.63) is 226 Å². The van der Waals surface area contributed by atoms with Crippen LogP contribution in [0.1, 0.15) is 91.7 Å². The SMILES string of the molecule is CCCCCCc1cc(/C=C(/C#N)C(=O)O)sc1-c1cc2sc3cc(-c4sc(/C=C/c5ccc(N(c6ccc(-n7c8ccccc8c8ccccc87)cc6)c6ccc(-n7c8ccccc8c8ccccc87)cc6)cc5)cc4CCCCCC)sc3c2s1. The Morgan fingerprint density at radius 1 is 0.483 bits per heavy atom. The fraction of sp³-hybridized carbons (Fsp3) is 0.158. The molecule has 0 bridgehead atoms. The maximum atomic E-state index is 11.8. The number of fused-ring (bicyclic) bond motifs is 9. The molecule has 0 spiro atoms. The molecular formula is C76H62N4O2S5. The van der Waals surface area contributed by atoms with Gasteiger partial charge in [0.15, 0.2) is 0 Å². The van der Waals surface area contributed by atoms with E-state index in [4.69, 9.17) is 0 Å². The molecule has 7 aromatic carbocycles. The van der Waals surface area contributed by atoms with Gasteiger partial charge in [0.25, 0.3) is 0 Å². The van der Waals surface area contributed by atoms with Crippen LogP contribution in [-0.2, 0) is 17.6 Å². The number of carbonyl (C=O) groups is 1. The lowest BCUT2D eigenvalue weighted by atomic mass is 10.1. The number of unbranched alkanes of at least 4 members (excludes halogenated alkanes) is 6. The number of anilines is 3. The third kappa shape index (κ3) is 11.0. The van der Waals surface area contributed by atoms with Crippen molar-refractivity contribution < 1.29 is 9.90 Å². The maximum Gasteiger partial charge on any atom is 0.346 e. The number of benzene rings is 7. The second-order valence-corrected chi connectivity index (χ2v) is 27.7. The first-order chi connectivity index (χ1) is 42.8. The topological polar surface area (TPSA) is 74.2 Å². The van der Waals surface area contributed by atoms with Gasteiger partial charge >= 0.3 is 5.97 Å². The molecule has 0 saturated heterocycles. The minimum atomic E-state index is -1.19. The van der Waals surface area contributed by atoms with Crippen LogP contribution < -0.4 is 4.90 Å². The molecule has 0 atom stereocenters. The summed E-state index contributed by atoms with van der Waals surface area (Å²) in [5.74, 6) is -1.19. The number of para-hydroxylation sites is 4. The van der Waals surface area contributed by atoms with Crippen LogP contribution in [0.2, 0.25) is 0 Å². The fourth-order valence-electron chi connectivity index (χ4n) is 12.4. The van der Waals surface area contributed by atoms with Gasteiger partial charge in [-0.15, -0.1) is 56.7 Å². The average Bonchev–Trinajstić information content (AvgIpc) is 2.59. The summed E-state index contributed by atoms with van der Waals surface area (Å²) >= 11 is 9.14. The molecule has 14 aromatic rings.